The molecule has 0 saturated heterocycles. The number of rotatable bonds is 5. The van der Waals surface area contributed by atoms with E-state index < -0.39 is 5.97 Å². The Hall–Kier alpha value is -2.29. The molecule has 1 N–H and O–H groups in total. The molecule has 3 nitrogen and oxygen atoms in total. The van der Waals surface area contributed by atoms with Crippen molar-refractivity contribution in [1.82, 2.24) is 0 Å². The quantitative estimate of drug-likeness (QED) is 0.885. The molecular formula is C18H20O3. The third-order valence-corrected chi connectivity index (χ3v) is 3.41. The maximum Gasteiger partial charge on any atom is 0.339 e. The van der Waals surface area contributed by atoms with Gasteiger partial charge in [0.15, 0.2) is 0 Å². The Balaban J connectivity index is 2.11. The Kier molecular flexibility index (Phi) is 4.63. The summed E-state index contributed by atoms with van der Waals surface area (Å²) in [6.45, 7) is 6.52. The number of aromatic carboxylic acids is 1. The highest BCUT2D eigenvalue weighted by atomic mass is 16.5. The highest BCUT2D eigenvalue weighted by Crippen LogP contribution is 2.22. The van der Waals surface area contributed by atoms with Gasteiger partial charge in [0.2, 0.25) is 0 Å². The Morgan fingerprint density at radius 1 is 1.14 bits per heavy atom. The Morgan fingerprint density at radius 3 is 2.38 bits per heavy atom. The molecule has 0 radical (unpaired) electrons. The summed E-state index contributed by atoms with van der Waals surface area (Å²) < 4.78 is 5.66. The van der Waals surface area contributed by atoms with Gasteiger partial charge in [-0.25, -0.2) is 4.79 Å². The van der Waals surface area contributed by atoms with Crippen molar-refractivity contribution in [3.8, 4) is 5.75 Å². The number of hydrogen-bond donors (Lipinski definition) is 1. The summed E-state index contributed by atoms with van der Waals surface area (Å²) in [5, 5.41) is 9.20. The fourth-order valence-corrected chi connectivity index (χ4v) is 2.10. The van der Waals surface area contributed by atoms with E-state index in [1.165, 1.54) is 5.56 Å². The van der Waals surface area contributed by atoms with Crippen LogP contribution in [0.1, 0.15) is 46.8 Å². The maximum atomic E-state index is 11.2. The summed E-state index contributed by atoms with van der Waals surface area (Å²) in [4.78, 5) is 11.2. The zero-order valence-electron chi connectivity index (χ0n) is 12.6. The SMILES string of the molecule is Cc1ccc(OCc2ccc(C(C)C)cc2)c(C(=O)O)c1. The molecule has 0 unspecified atom stereocenters. The lowest BCUT2D eigenvalue weighted by Gasteiger charge is -2.11. The number of benzene rings is 2. The molecule has 0 fully saturated rings. The molecule has 0 aromatic heterocycles. The number of ether oxygens (including phenoxy) is 1. The minimum absolute atomic E-state index is 0.203. The van der Waals surface area contributed by atoms with Gasteiger partial charge in [-0.05, 0) is 36.1 Å². The average Bonchev–Trinajstić information content (AvgIpc) is 2.46. The largest absolute Gasteiger partial charge is 0.488 e. The Labute approximate surface area is 125 Å². The molecule has 2 aromatic rings. The fraction of sp³-hybridized carbons (Fsp3) is 0.278. The summed E-state index contributed by atoms with van der Waals surface area (Å²) in [7, 11) is 0. The van der Waals surface area contributed by atoms with Crippen LogP contribution in [-0.4, -0.2) is 11.1 Å². The summed E-state index contributed by atoms with van der Waals surface area (Å²) in [6, 6.07) is 13.4. The second-order valence-corrected chi connectivity index (χ2v) is 5.49. The van der Waals surface area contributed by atoms with Crippen LogP contribution in [0.3, 0.4) is 0 Å². The van der Waals surface area contributed by atoms with Gasteiger partial charge in [-0.3, -0.25) is 0 Å². The zero-order valence-corrected chi connectivity index (χ0v) is 12.6. The standard InChI is InChI=1S/C18H20O3/c1-12(2)15-7-5-14(6-8-15)11-21-17-9-4-13(3)10-16(17)18(19)20/h4-10,12H,11H2,1-3H3,(H,19,20). The summed E-state index contributed by atoms with van der Waals surface area (Å²) in [5.41, 5.74) is 3.41. The predicted molar refractivity (Wildman–Crippen MR) is 83.0 cm³/mol. The topological polar surface area (TPSA) is 46.5 Å². The zero-order chi connectivity index (χ0) is 15.4. The summed E-state index contributed by atoms with van der Waals surface area (Å²) >= 11 is 0. The van der Waals surface area contributed by atoms with Gasteiger partial charge >= 0.3 is 5.97 Å². The van der Waals surface area contributed by atoms with E-state index in [0.717, 1.165) is 11.1 Å². The maximum absolute atomic E-state index is 11.2. The van der Waals surface area contributed by atoms with Crippen molar-refractivity contribution in [2.24, 2.45) is 0 Å². The van der Waals surface area contributed by atoms with Crippen LogP contribution in [0, 0.1) is 6.92 Å². The number of carbonyl (C=O) groups is 1. The van der Waals surface area contributed by atoms with Gasteiger partial charge in [-0.2, -0.15) is 0 Å². The van der Waals surface area contributed by atoms with E-state index >= 15 is 0 Å². The van der Waals surface area contributed by atoms with Gasteiger partial charge < -0.3 is 9.84 Å². The summed E-state index contributed by atoms with van der Waals surface area (Å²) in [5.74, 6) is -0.0689. The van der Waals surface area contributed by atoms with E-state index in [0.29, 0.717) is 18.3 Å². The molecule has 0 spiro atoms. The second kappa shape index (κ2) is 6.44. The van der Waals surface area contributed by atoms with Crippen LogP contribution in [0.4, 0.5) is 0 Å². The van der Waals surface area contributed by atoms with Crippen LogP contribution >= 0.6 is 0 Å². The molecule has 2 aromatic carbocycles. The molecule has 0 aliphatic rings. The minimum atomic E-state index is -0.969. The Bertz CT molecular complexity index is 627. The van der Waals surface area contributed by atoms with E-state index in [1.54, 1.807) is 12.1 Å². The third-order valence-electron chi connectivity index (χ3n) is 3.41. The van der Waals surface area contributed by atoms with Crippen LogP contribution in [0.2, 0.25) is 0 Å². The van der Waals surface area contributed by atoms with Crippen molar-refractivity contribution in [3.05, 3.63) is 64.7 Å². The molecule has 0 aliphatic carbocycles. The molecule has 0 bridgehead atoms. The predicted octanol–water partition coefficient (Wildman–Crippen LogP) is 4.40. The molecule has 0 saturated carbocycles. The van der Waals surface area contributed by atoms with Crippen LogP contribution in [-0.2, 0) is 6.61 Å². The van der Waals surface area contributed by atoms with E-state index in [2.05, 4.69) is 26.0 Å². The smallest absolute Gasteiger partial charge is 0.339 e. The van der Waals surface area contributed by atoms with E-state index in [1.807, 2.05) is 25.1 Å². The monoisotopic (exact) mass is 284 g/mol. The van der Waals surface area contributed by atoms with Gasteiger partial charge in [0.25, 0.3) is 0 Å². The lowest BCUT2D eigenvalue weighted by Crippen LogP contribution is -2.04. The van der Waals surface area contributed by atoms with Crippen molar-refractivity contribution >= 4 is 5.97 Å². The van der Waals surface area contributed by atoms with Crippen LogP contribution in [0.5, 0.6) is 5.75 Å². The van der Waals surface area contributed by atoms with Gasteiger partial charge in [0.05, 0.1) is 0 Å². The second-order valence-electron chi connectivity index (χ2n) is 5.49. The van der Waals surface area contributed by atoms with Gasteiger partial charge in [-0.15, -0.1) is 0 Å². The number of carboxylic acids is 1. The first-order chi connectivity index (χ1) is 9.97. The summed E-state index contributed by atoms with van der Waals surface area (Å²) in [6.07, 6.45) is 0. The van der Waals surface area contributed by atoms with E-state index in [9.17, 15) is 9.90 Å². The lowest BCUT2D eigenvalue weighted by molar-refractivity contribution is 0.0691. The van der Waals surface area contributed by atoms with Crippen molar-refractivity contribution in [2.45, 2.75) is 33.3 Å². The normalized spacial score (nSPS) is 10.7. The molecule has 0 amide bonds. The average molecular weight is 284 g/mol. The molecule has 3 heteroatoms. The number of hydrogen-bond acceptors (Lipinski definition) is 2. The number of carboxylic acid groups (broad SMARTS) is 1. The third kappa shape index (κ3) is 3.85. The number of aryl methyl sites for hydroxylation is 1. The molecular weight excluding hydrogens is 264 g/mol. The highest BCUT2D eigenvalue weighted by molar-refractivity contribution is 5.91. The first-order valence-electron chi connectivity index (χ1n) is 7.03. The molecule has 21 heavy (non-hydrogen) atoms. The molecule has 0 heterocycles. The first-order valence-corrected chi connectivity index (χ1v) is 7.03. The molecule has 0 atom stereocenters. The molecule has 110 valence electrons. The Morgan fingerprint density at radius 2 is 1.81 bits per heavy atom. The van der Waals surface area contributed by atoms with Crippen molar-refractivity contribution < 1.29 is 14.6 Å². The van der Waals surface area contributed by atoms with Gasteiger partial charge in [0.1, 0.15) is 17.9 Å². The first kappa shape index (κ1) is 15.1. The van der Waals surface area contributed by atoms with Crippen LogP contribution < -0.4 is 4.74 Å². The van der Waals surface area contributed by atoms with Crippen molar-refractivity contribution in [1.29, 1.82) is 0 Å². The van der Waals surface area contributed by atoms with E-state index in [-0.39, 0.29) is 5.56 Å². The molecule has 0 aliphatic heterocycles. The van der Waals surface area contributed by atoms with Crippen molar-refractivity contribution in [3.63, 3.8) is 0 Å². The highest BCUT2D eigenvalue weighted by Gasteiger charge is 2.11. The fourth-order valence-electron chi connectivity index (χ4n) is 2.10. The van der Waals surface area contributed by atoms with Crippen molar-refractivity contribution in [2.75, 3.05) is 0 Å². The molecule has 2 rings (SSSR count). The minimum Gasteiger partial charge on any atom is -0.488 e. The van der Waals surface area contributed by atoms with Crippen LogP contribution in [0.25, 0.3) is 0 Å². The van der Waals surface area contributed by atoms with Gasteiger partial charge in [-0.1, -0.05) is 49.7 Å². The lowest BCUT2D eigenvalue weighted by atomic mass is 10.0. The van der Waals surface area contributed by atoms with E-state index in [4.69, 9.17) is 4.74 Å². The van der Waals surface area contributed by atoms with Crippen LogP contribution in [0.15, 0.2) is 42.5 Å². The van der Waals surface area contributed by atoms with Gasteiger partial charge in [0, 0.05) is 0 Å².